The standard InChI is InChI=1S/C14H27NO3/c1-4-11-8-6-7-9-12(11)18-10-14(3,15)13(16)17-5-2/h11-12H,4-10,15H2,1-3H3. The summed E-state index contributed by atoms with van der Waals surface area (Å²) < 4.78 is 10.8. The lowest BCUT2D eigenvalue weighted by Crippen LogP contribution is -2.51. The van der Waals surface area contributed by atoms with Crippen molar-refractivity contribution in [3.05, 3.63) is 0 Å². The van der Waals surface area contributed by atoms with Crippen molar-refractivity contribution in [3.63, 3.8) is 0 Å². The van der Waals surface area contributed by atoms with Crippen LogP contribution in [0.4, 0.5) is 0 Å². The first-order chi connectivity index (χ1) is 8.51. The van der Waals surface area contributed by atoms with Gasteiger partial charge in [-0.2, -0.15) is 0 Å². The van der Waals surface area contributed by atoms with E-state index in [1.165, 1.54) is 19.3 Å². The van der Waals surface area contributed by atoms with E-state index in [4.69, 9.17) is 15.2 Å². The Hall–Kier alpha value is -0.610. The molecule has 0 saturated heterocycles. The van der Waals surface area contributed by atoms with Crippen LogP contribution in [0.3, 0.4) is 0 Å². The topological polar surface area (TPSA) is 61.5 Å². The van der Waals surface area contributed by atoms with Gasteiger partial charge in [0.2, 0.25) is 0 Å². The van der Waals surface area contributed by atoms with Gasteiger partial charge in [-0.25, -0.2) is 4.79 Å². The van der Waals surface area contributed by atoms with Gasteiger partial charge in [0, 0.05) is 0 Å². The molecule has 2 N–H and O–H groups in total. The van der Waals surface area contributed by atoms with E-state index in [-0.39, 0.29) is 18.7 Å². The minimum absolute atomic E-state index is 0.243. The number of nitrogens with two attached hydrogens (primary N) is 1. The van der Waals surface area contributed by atoms with Crippen molar-refractivity contribution < 1.29 is 14.3 Å². The molecule has 18 heavy (non-hydrogen) atoms. The monoisotopic (exact) mass is 257 g/mol. The van der Waals surface area contributed by atoms with E-state index in [9.17, 15) is 4.79 Å². The lowest BCUT2D eigenvalue weighted by molar-refractivity contribution is -0.153. The molecular formula is C14H27NO3. The molecule has 0 radical (unpaired) electrons. The van der Waals surface area contributed by atoms with Crippen LogP contribution in [0.15, 0.2) is 0 Å². The van der Waals surface area contributed by atoms with Crippen molar-refractivity contribution in [2.24, 2.45) is 11.7 Å². The predicted molar refractivity (Wildman–Crippen MR) is 71.2 cm³/mol. The highest BCUT2D eigenvalue weighted by atomic mass is 16.5. The van der Waals surface area contributed by atoms with Gasteiger partial charge in [-0.3, -0.25) is 0 Å². The first kappa shape index (κ1) is 15.4. The largest absolute Gasteiger partial charge is 0.465 e. The Morgan fingerprint density at radius 3 is 2.61 bits per heavy atom. The van der Waals surface area contributed by atoms with Gasteiger partial charge in [-0.15, -0.1) is 0 Å². The summed E-state index contributed by atoms with van der Waals surface area (Å²) in [5, 5.41) is 0. The van der Waals surface area contributed by atoms with Gasteiger partial charge in [-0.05, 0) is 32.6 Å². The molecule has 0 aromatic carbocycles. The third-order valence-corrected chi connectivity index (χ3v) is 3.70. The third-order valence-electron chi connectivity index (χ3n) is 3.70. The number of hydrogen-bond acceptors (Lipinski definition) is 4. The number of carbonyl (C=O) groups excluding carboxylic acids is 1. The van der Waals surface area contributed by atoms with Gasteiger partial charge in [0.1, 0.15) is 5.54 Å². The van der Waals surface area contributed by atoms with E-state index in [0.29, 0.717) is 12.5 Å². The minimum atomic E-state index is -1.04. The molecule has 0 aromatic heterocycles. The second kappa shape index (κ2) is 7.10. The number of carbonyl (C=O) groups is 1. The van der Waals surface area contributed by atoms with Crippen molar-refractivity contribution in [2.45, 2.75) is 64.5 Å². The van der Waals surface area contributed by atoms with Gasteiger partial charge in [0.05, 0.1) is 19.3 Å². The molecule has 1 aliphatic carbocycles. The number of esters is 1. The fraction of sp³-hybridized carbons (Fsp3) is 0.929. The molecule has 106 valence electrons. The number of ether oxygens (including phenoxy) is 2. The molecule has 1 fully saturated rings. The van der Waals surface area contributed by atoms with Crippen molar-refractivity contribution >= 4 is 5.97 Å². The summed E-state index contributed by atoms with van der Waals surface area (Å²) in [5.74, 6) is 0.227. The summed E-state index contributed by atoms with van der Waals surface area (Å²) in [4.78, 5) is 11.7. The van der Waals surface area contributed by atoms with Gasteiger partial charge in [0.15, 0.2) is 0 Å². The third kappa shape index (κ3) is 4.25. The molecule has 0 spiro atoms. The van der Waals surface area contributed by atoms with Crippen LogP contribution >= 0.6 is 0 Å². The minimum Gasteiger partial charge on any atom is -0.465 e. The van der Waals surface area contributed by atoms with Crippen LogP contribution in [0.25, 0.3) is 0 Å². The van der Waals surface area contributed by atoms with Crippen LogP contribution in [0.2, 0.25) is 0 Å². The van der Waals surface area contributed by atoms with Crippen LogP contribution in [-0.2, 0) is 14.3 Å². The molecule has 0 aromatic rings. The van der Waals surface area contributed by atoms with E-state index in [1.54, 1.807) is 13.8 Å². The van der Waals surface area contributed by atoms with Crippen molar-refractivity contribution in [3.8, 4) is 0 Å². The molecule has 0 aliphatic heterocycles. The Kier molecular flexibility index (Phi) is 6.09. The van der Waals surface area contributed by atoms with Gasteiger partial charge < -0.3 is 15.2 Å². The highest BCUT2D eigenvalue weighted by molar-refractivity contribution is 5.80. The maximum Gasteiger partial charge on any atom is 0.328 e. The normalized spacial score (nSPS) is 27.6. The fourth-order valence-electron chi connectivity index (χ4n) is 2.50. The molecule has 0 amide bonds. The lowest BCUT2D eigenvalue weighted by Gasteiger charge is -2.33. The summed E-state index contributed by atoms with van der Waals surface area (Å²) in [5.41, 5.74) is 4.91. The summed E-state index contributed by atoms with van der Waals surface area (Å²) in [6.45, 7) is 6.25. The van der Waals surface area contributed by atoms with Gasteiger partial charge >= 0.3 is 5.97 Å². The highest BCUT2D eigenvalue weighted by Gasteiger charge is 2.33. The first-order valence-electron chi connectivity index (χ1n) is 7.09. The Balaban J connectivity index is 2.44. The smallest absolute Gasteiger partial charge is 0.328 e. The first-order valence-corrected chi connectivity index (χ1v) is 7.09. The molecule has 3 unspecified atom stereocenters. The maximum atomic E-state index is 11.7. The van der Waals surface area contributed by atoms with Crippen LogP contribution in [0.1, 0.15) is 52.9 Å². The van der Waals surface area contributed by atoms with Gasteiger partial charge in [0.25, 0.3) is 0 Å². The summed E-state index contributed by atoms with van der Waals surface area (Å²) in [6.07, 6.45) is 6.18. The Labute approximate surface area is 110 Å². The molecule has 3 atom stereocenters. The predicted octanol–water partition coefficient (Wildman–Crippen LogP) is 2.25. The summed E-state index contributed by atoms with van der Waals surface area (Å²) >= 11 is 0. The lowest BCUT2D eigenvalue weighted by atomic mass is 9.84. The second-order valence-electron chi connectivity index (χ2n) is 5.44. The number of rotatable bonds is 6. The second-order valence-corrected chi connectivity index (χ2v) is 5.44. The van der Waals surface area contributed by atoms with Gasteiger partial charge in [-0.1, -0.05) is 26.2 Å². The van der Waals surface area contributed by atoms with E-state index >= 15 is 0 Å². The molecule has 4 heteroatoms. The molecule has 1 aliphatic rings. The molecule has 1 saturated carbocycles. The summed E-state index contributed by atoms with van der Waals surface area (Å²) in [6, 6.07) is 0. The fourth-order valence-corrected chi connectivity index (χ4v) is 2.50. The summed E-state index contributed by atoms with van der Waals surface area (Å²) in [7, 11) is 0. The van der Waals surface area contributed by atoms with Crippen molar-refractivity contribution in [1.29, 1.82) is 0 Å². The zero-order valence-electron chi connectivity index (χ0n) is 11.9. The molecular weight excluding hydrogens is 230 g/mol. The maximum absolute atomic E-state index is 11.7. The SMILES string of the molecule is CCOC(=O)C(C)(N)COC1CCCCC1CC. The van der Waals surface area contributed by atoms with Crippen molar-refractivity contribution in [1.82, 2.24) is 0 Å². The van der Waals surface area contributed by atoms with Crippen LogP contribution in [0.5, 0.6) is 0 Å². The zero-order chi connectivity index (χ0) is 13.6. The van der Waals surface area contributed by atoms with Crippen LogP contribution in [-0.4, -0.2) is 30.8 Å². The molecule has 1 rings (SSSR count). The number of hydrogen-bond donors (Lipinski definition) is 1. The quantitative estimate of drug-likeness (QED) is 0.741. The molecule has 0 bridgehead atoms. The van der Waals surface area contributed by atoms with E-state index < -0.39 is 5.54 Å². The van der Waals surface area contributed by atoms with Crippen LogP contribution < -0.4 is 5.73 Å². The van der Waals surface area contributed by atoms with E-state index in [2.05, 4.69) is 6.92 Å². The Morgan fingerprint density at radius 1 is 1.33 bits per heavy atom. The van der Waals surface area contributed by atoms with E-state index in [1.807, 2.05) is 0 Å². The van der Waals surface area contributed by atoms with Crippen LogP contribution in [0, 0.1) is 5.92 Å². The molecule has 0 heterocycles. The van der Waals surface area contributed by atoms with Crippen molar-refractivity contribution in [2.75, 3.05) is 13.2 Å². The molecule has 4 nitrogen and oxygen atoms in total. The Bertz CT molecular complexity index is 266. The average molecular weight is 257 g/mol. The van der Waals surface area contributed by atoms with E-state index in [0.717, 1.165) is 12.8 Å². The highest BCUT2D eigenvalue weighted by Crippen LogP contribution is 2.29. The zero-order valence-corrected chi connectivity index (χ0v) is 11.9. The Morgan fingerprint density at radius 2 is 2.00 bits per heavy atom. The average Bonchev–Trinajstić information content (AvgIpc) is 2.37.